The highest BCUT2D eigenvalue weighted by Gasteiger charge is 2.12. The fourth-order valence-electron chi connectivity index (χ4n) is 1.96. The number of thiazole rings is 1. The van der Waals surface area contributed by atoms with E-state index in [2.05, 4.69) is 11.6 Å². The predicted octanol–water partition coefficient (Wildman–Crippen LogP) is 3.29. The van der Waals surface area contributed by atoms with E-state index >= 15 is 0 Å². The van der Waals surface area contributed by atoms with Crippen LogP contribution in [-0.4, -0.2) is 36.3 Å². The SMILES string of the molecule is C=CCN(CCC(=O)O)c1nc(-c2ccc(OC)cc2)cs1. The number of ether oxygens (including phenoxy) is 1. The van der Waals surface area contributed by atoms with Crippen molar-refractivity contribution < 1.29 is 14.6 Å². The van der Waals surface area contributed by atoms with E-state index < -0.39 is 5.97 Å². The number of carboxylic acids is 1. The summed E-state index contributed by atoms with van der Waals surface area (Å²) in [4.78, 5) is 17.3. The molecule has 2 rings (SSSR count). The molecule has 0 bridgehead atoms. The number of carboxylic acid groups (broad SMARTS) is 1. The Balaban J connectivity index is 2.16. The molecule has 0 aliphatic rings. The Morgan fingerprint density at radius 3 is 2.77 bits per heavy atom. The van der Waals surface area contributed by atoms with Crippen LogP contribution < -0.4 is 9.64 Å². The number of rotatable bonds is 8. The predicted molar refractivity (Wildman–Crippen MR) is 88.8 cm³/mol. The highest BCUT2D eigenvalue weighted by Crippen LogP contribution is 2.28. The molecule has 22 heavy (non-hydrogen) atoms. The summed E-state index contributed by atoms with van der Waals surface area (Å²) in [6, 6.07) is 7.68. The Kier molecular flexibility index (Phi) is 5.55. The standard InChI is InChI=1S/C16H18N2O3S/c1-3-9-18(10-8-15(19)20)16-17-14(11-22-16)12-4-6-13(21-2)7-5-12/h3-7,11H,1,8-10H2,2H3,(H,19,20). The van der Waals surface area contributed by atoms with Crippen LogP contribution >= 0.6 is 11.3 Å². The molecule has 0 unspecified atom stereocenters. The molecule has 0 radical (unpaired) electrons. The normalized spacial score (nSPS) is 10.2. The fraction of sp³-hybridized carbons (Fsp3) is 0.250. The third-order valence-corrected chi connectivity index (χ3v) is 3.99. The number of aliphatic carboxylic acids is 1. The van der Waals surface area contributed by atoms with Crippen molar-refractivity contribution in [3.8, 4) is 17.0 Å². The third kappa shape index (κ3) is 4.08. The summed E-state index contributed by atoms with van der Waals surface area (Å²) in [6.45, 7) is 4.70. The number of methoxy groups -OCH3 is 1. The first-order valence-corrected chi connectivity index (χ1v) is 7.69. The Labute approximate surface area is 133 Å². The summed E-state index contributed by atoms with van der Waals surface area (Å²) in [7, 11) is 1.63. The maximum atomic E-state index is 10.7. The highest BCUT2D eigenvalue weighted by atomic mass is 32.1. The van der Waals surface area contributed by atoms with Crippen LogP contribution in [0.2, 0.25) is 0 Å². The summed E-state index contributed by atoms with van der Waals surface area (Å²) in [5.41, 5.74) is 1.87. The van der Waals surface area contributed by atoms with Gasteiger partial charge in [-0.1, -0.05) is 6.08 Å². The zero-order chi connectivity index (χ0) is 15.9. The Morgan fingerprint density at radius 2 is 2.18 bits per heavy atom. The van der Waals surface area contributed by atoms with Crippen LogP contribution in [0.1, 0.15) is 6.42 Å². The molecule has 0 atom stereocenters. The van der Waals surface area contributed by atoms with Crippen LogP contribution in [0.15, 0.2) is 42.3 Å². The van der Waals surface area contributed by atoms with Gasteiger partial charge in [-0.2, -0.15) is 0 Å². The van der Waals surface area contributed by atoms with Gasteiger partial charge in [0.25, 0.3) is 0 Å². The number of hydrogen-bond acceptors (Lipinski definition) is 5. The van der Waals surface area contributed by atoms with Gasteiger partial charge in [-0.25, -0.2) is 4.98 Å². The van der Waals surface area contributed by atoms with E-state index in [0.717, 1.165) is 22.1 Å². The number of anilines is 1. The zero-order valence-corrected chi connectivity index (χ0v) is 13.2. The summed E-state index contributed by atoms with van der Waals surface area (Å²) in [5, 5.41) is 11.6. The average Bonchev–Trinajstić information content (AvgIpc) is 3.01. The molecule has 0 aliphatic heterocycles. The number of benzene rings is 1. The smallest absolute Gasteiger partial charge is 0.305 e. The molecular weight excluding hydrogens is 300 g/mol. The average molecular weight is 318 g/mol. The van der Waals surface area contributed by atoms with Crippen molar-refractivity contribution in [2.24, 2.45) is 0 Å². The van der Waals surface area contributed by atoms with Crippen molar-refractivity contribution in [1.82, 2.24) is 4.98 Å². The lowest BCUT2D eigenvalue weighted by atomic mass is 10.2. The van der Waals surface area contributed by atoms with Gasteiger partial charge in [0.15, 0.2) is 5.13 Å². The second-order valence-corrected chi connectivity index (χ2v) is 5.46. The van der Waals surface area contributed by atoms with Crippen molar-refractivity contribution in [2.75, 3.05) is 25.1 Å². The van der Waals surface area contributed by atoms with Crippen LogP contribution in [0.5, 0.6) is 5.75 Å². The Bertz CT molecular complexity index is 637. The fourth-order valence-corrected chi connectivity index (χ4v) is 2.83. The maximum Gasteiger partial charge on any atom is 0.305 e. The van der Waals surface area contributed by atoms with E-state index in [4.69, 9.17) is 9.84 Å². The van der Waals surface area contributed by atoms with Crippen LogP contribution in [0.3, 0.4) is 0 Å². The Hall–Kier alpha value is -2.34. The molecule has 0 saturated heterocycles. The highest BCUT2D eigenvalue weighted by molar-refractivity contribution is 7.14. The molecule has 1 aromatic carbocycles. The Morgan fingerprint density at radius 1 is 1.45 bits per heavy atom. The minimum atomic E-state index is -0.819. The summed E-state index contributed by atoms with van der Waals surface area (Å²) in [6.07, 6.45) is 1.82. The van der Waals surface area contributed by atoms with Gasteiger partial charge in [-0.05, 0) is 24.3 Å². The molecule has 1 heterocycles. The molecule has 0 amide bonds. The van der Waals surface area contributed by atoms with Gasteiger partial charge in [0.2, 0.25) is 0 Å². The lowest BCUT2D eigenvalue weighted by molar-refractivity contribution is -0.136. The number of aromatic nitrogens is 1. The lowest BCUT2D eigenvalue weighted by Gasteiger charge is -2.18. The van der Waals surface area contributed by atoms with Gasteiger partial charge >= 0.3 is 5.97 Å². The van der Waals surface area contributed by atoms with E-state index in [1.165, 1.54) is 11.3 Å². The van der Waals surface area contributed by atoms with Gasteiger partial charge in [0.1, 0.15) is 5.75 Å². The van der Waals surface area contributed by atoms with Gasteiger partial charge < -0.3 is 14.7 Å². The van der Waals surface area contributed by atoms with Gasteiger partial charge in [-0.15, -0.1) is 17.9 Å². The van der Waals surface area contributed by atoms with Gasteiger partial charge in [0.05, 0.1) is 19.2 Å². The minimum absolute atomic E-state index is 0.0747. The largest absolute Gasteiger partial charge is 0.497 e. The topological polar surface area (TPSA) is 62.7 Å². The number of nitrogens with zero attached hydrogens (tertiary/aromatic N) is 2. The molecule has 116 valence electrons. The molecule has 2 aromatic rings. The molecule has 0 saturated carbocycles. The third-order valence-electron chi connectivity index (χ3n) is 3.09. The van der Waals surface area contributed by atoms with Crippen LogP contribution in [-0.2, 0) is 4.79 Å². The zero-order valence-electron chi connectivity index (χ0n) is 12.4. The monoisotopic (exact) mass is 318 g/mol. The molecule has 6 heteroatoms. The molecule has 0 spiro atoms. The van der Waals surface area contributed by atoms with E-state index in [0.29, 0.717) is 13.1 Å². The maximum absolute atomic E-state index is 10.7. The van der Waals surface area contributed by atoms with Gasteiger partial charge in [0, 0.05) is 24.0 Å². The molecule has 1 N–H and O–H groups in total. The quantitative estimate of drug-likeness (QED) is 0.757. The van der Waals surface area contributed by atoms with E-state index in [1.807, 2.05) is 34.5 Å². The van der Waals surface area contributed by atoms with E-state index in [9.17, 15) is 4.79 Å². The van der Waals surface area contributed by atoms with Crippen molar-refractivity contribution >= 4 is 22.4 Å². The molecule has 5 nitrogen and oxygen atoms in total. The van der Waals surface area contributed by atoms with Crippen LogP contribution in [0.25, 0.3) is 11.3 Å². The second kappa shape index (κ2) is 7.61. The second-order valence-electron chi connectivity index (χ2n) is 4.62. The molecule has 0 aliphatic carbocycles. The molecule has 1 aromatic heterocycles. The molecular formula is C16H18N2O3S. The number of hydrogen-bond donors (Lipinski definition) is 1. The number of carbonyl (C=O) groups is 1. The first-order chi connectivity index (χ1) is 10.6. The van der Waals surface area contributed by atoms with Crippen LogP contribution in [0.4, 0.5) is 5.13 Å². The molecule has 0 fully saturated rings. The first kappa shape index (κ1) is 16.0. The summed E-state index contributed by atoms with van der Waals surface area (Å²) >= 11 is 1.50. The van der Waals surface area contributed by atoms with E-state index in [-0.39, 0.29) is 6.42 Å². The van der Waals surface area contributed by atoms with Crippen LogP contribution in [0, 0.1) is 0 Å². The van der Waals surface area contributed by atoms with Gasteiger partial charge in [-0.3, -0.25) is 4.79 Å². The minimum Gasteiger partial charge on any atom is -0.497 e. The van der Waals surface area contributed by atoms with Crippen molar-refractivity contribution in [3.63, 3.8) is 0 Å². The van der Waals surface area contributed by atoms with Crippen molar-refractivity contribution in [1.29, 1.82) is 0 Å². The van der Waals surface area contributed by atoms with Crippen molar-refractivity contribution in [3.05, 3.63) is 42.3 Å². The van der Waals surface area contributed by atoms with E-state index in [1.54, 1.807) is 13.2 Å². The first-order valence-electron chi connectivity index (χ1n) is 6.81. The summed E-state index contributed by atoms with van der Waals surface area (Å²) in [5.74, 6) is -0.0186. The van der Waals surface area contributed by atoms with Crippen molar-refractivity contribution in [2.45, 2.75) is 6.42 Å². The lowest BCUT2D eigenvalue weighted by Crippen LogP contribution is -2.26. The summed E-state index contributed by atoms with van der Waals surface area (Å²) < 4.78 is 5.14.